The first-order valence-electron chi connectivity index (χ1n) is 6.95. The third-order valence-electron chi connectivity index (χ3n) is 2.92. The molecule has 24 heavy (non-hydrogen) atoms. The Bertz CT molecular complexity index is 680. The molecule has 0 aliphatic heterocycles. The third-order valence-corrected chi connectivity index (χ3v) is 4.98. The summed E-state index contributed by atoms with van der Waals surface area (Å²) >= 11 is 4.72. The average molecular weight is 365 g/mol. The van der Waals surface area contributed by atoms with Crippen molar-refractivity contribution < 1.29 is 23.1 Å². The number of hydrogen-bond acceptors (Lipinski definition) is 6. The second-order valence-corrected chi connectivity index (χ2v) is 6.76. The van der Waals surface area contributed by atoms with Crippen LogP contribution in [-0.4, -0.2) is 24.4 Å². The molecule has 0 aliphatic carbocycles. The lowest BCUT2D eigenvalue weighted by Gasteiger charge is -2.25. The van der Waals surface area contributed by atoms with Gasteiger partial charge in [0.1, 0.15) is 11.5 Å². The molecule has 126 valence electrons. The van der Waals surface area contributed by atoms with E-state index in [1.807, 2.05) is 0 Å². The van der Waals surface area contributed by atoms with Gasteiger partial charge in [-0.25, -0.2) is 9.36 Å². The second kappa shape index (κ2) is 8.47. The predicted octanol–water partition coefficient (Wildman–Crippen LogP) is 3.38. The summed E-state index contributed by atoms with van der Waals surface area (Å²) in [5.74, 6) is -1.64. The lowest BCUT2D eigenvalue weighted by atomic mass is 10.3. The fraction of sp³-hybridized carbons (Fsp3) is 0.125. The van der Waals surface area contributed by atoms with Crippen LogP contribution in [0.15, 0.2) is 60.7 Å². The average Bonchev–Trinajstić information content (AvgIpc) is 2.60. The zero-order chi connectivity index (χ0) is 17.4. The standard InChI is InChI=1S/C16H16NO5PS/c1-20-16(18)15(17-12-24)23(19,21-13-8-4-2-5-9-13)22-14-10-6-3-7-11-14/h2-12,15H,1H3,(H,17,24). The van der Waals surface area contributed by atoms with Crippen LogP contribution in [0.4, 0.5) is 0 Å². The highest BCUT2D eigenvalue weighted by Gasteiger charge is 2.45. The highest BCUT2D eigenvalue weighted by Crippen LogP contribution is 2.52. The molecule has 0 amide bonds. The highest BCUT2D eigenvalue weighted by molar-refractivity contribution is 7.78. The van der Waals surface area contributed by atoms with Gasteiger partial charge in [-0.3, -0.25) is 0 Å². The first-order chi connectivity index (χ1) is 11.6. The van der Waals surface area contributed by atoms with Crippen molar-refractivity contribution in [1.82, 2.24) is 5.32 Å². The van der Waals surface area contributed by atoms with Gasteiger partial charge in [-0.1, -0.05) is 48.6 Å². The van der Waals surface area contributed by atoms with Crippen molar-refractivity contribution >= 4 is 31.3 Å². The van der Waals surface area contributed by atoms with Gasteiger partial charge in [0.25, 0.3) is 5.78 Å². The van der Waals surface area contributed by atoms with Gasteiger partial charge in [0.2, 0.25) is 0 Å². The monoisotopic (exact) mass is 365 g/mol. The summed E-state index contributed by atoms with van der Waals surface area (Å²) in [6.45, 7) is 0. The number of methoxy groups -OCH3 is 1. The van der Waals surface area contributed by atoms with Gasteiger partial charge in [0.15, 0.2) is 0 Å². The quantitative estimate of drug-likeness (QED) is 0.437. The molecule has 0 saturated carbocycles. The molecule has 0 radical (unpaired) electrons. The number of thiocarbonyl (C=S) groups is 1. The maximum absolute atomic E-state index is 13.4. The summed E-state index contributed by atoms with van der Waals surface area (Å²) < 4.78 is 29.1. The van der Waals surface area contributed by atoms with E-state index >= 15 is 0 Å². The smallest absolute Gasteiger partial charge is 0.464 e. The van der Waals surface area contributed by atoms with E-state index in [1.165, 1.54) is 7.11 Å². The molecule has 0 spiro atoms. The maximum Gasteiger partial charge on any atom is 0.464 e. The van der Waals surface area contributed by atoms with Crippen molar-refractivity contribution in [3.63, 3.8) is 0 Å². The van der Waals surface area contributed by atoms with Crippen LogP contribution in [0.1, 0.15) is 0 Å². The minimum atomic E-state index is -4.05. The van der Waals surface area contributed by atoms with E-state index in [0.29, 0.717) is 0 Å². The van der Waals surface area contributed by atoms with Gasteiger partial charge in [-0.05, 0) is 24.3 Å². The molecule has 0 fully saturated rings. The largest absolute Gasteiger partial charge is 0.467 e. The normalized spacial score (nSPS) is 11.9. The fourth-order valence-corrected chi connectivity index (χ4v) is 3.78. The van der Waals surface area contributed by atoms with Gasteiger partial charge in [0.05, 0.1) is 12.6 Å². The summed E-state index contributed by atoms with van der Waals surface area (Å²) in [6, 6.07) is 16.8. The van der Waals surface area contributed by atoms with E-state index in [0.717, 1.165) is 5.49 Å². The van der Waals surface area contributed by atoms with Crippen molar-refractivity contribution in [3.05, 3.63) is 60.7 Å². The van der Waals surface area contributed by atoms with Crippen molar-refractivity contribution in [2.24, 2.45) is 0 Å². The molecule has 0 heterocycles. The minimum absolute atomic E-state index is 0.289. The van der Waals surface area contributed by atoms with Gasteiger partial charge in [0, 0.05) is 0 Å². The Morgan fingerprint density at radius 3 is 1.88 bits per heavy atom. The number of ether oxygens (including phenoxy) is 1. The number of esters is 1. The van der Waals surface area contributed by atoms with Gasteiger partial charge >= 0.3 is 13.6 Å². The molecular weight excluding hydrogens is 349 g/mol. The number of benzene rings is 2. The summed E-state index contributed by atoms with van der Waals surface area (Å²) in [5.41, 5.74) is 1.07. The molecule has 0 aliphatic rings. The zero-order valence-electron chi connectivity index (χ0n) is 12.8. The molecule has 2 aromatic rings. The molecule has 2 aromatic carbocycles. The minimum Gasteiger partial charge on any atom is -0.467 e. The van der Waals surface area contributed by atoms with Crippen LogP contribution in [0, 0.1) is 0 Å². The number of nitrogens with one attached hydrogen (secondary N) is 1. The fourth-order valence-electron chi connectivity index (χ4n) is 1.85. The predicted molar refractivity (Wildman–Crippen MR) is 94.3 cm³/mol. The van der Waals surface area contributed by atoms with Crippen LogP contribution in [0.2, 0.25) is 0 Å². The van der Waals surface area contributed by atoms with Crippen molar-refractivity contribution in [1.29, 1.82) is 0 Å². The molecule has 0 saturated heterocycles. The van der Waals surface area contributed by atoms with E-state index in [9.17, 15) is 9.36 Å². The molecule has 0 bridgehead atoms. The summed E-state index contributed by atoms with van der Waals surface area (Å²) in [6.07, 6.45) is 0. The van der Waals surface area contributed by atoms with Crippen LogP contribution in [-0.2, 0) is 14.1 Å². The Hall–Kier alpha value is -2.37. The first-order valence-corrected chi connectivity index (χ1v) is 9.04. The Balaban J connectivity index is 2.40. The Morgan fingerprint density at radius 1 is 1.04 bits per heavy atom. The van der Waals surface area contributed by atoms with Crippen LogP contribution in [0.25, 0.3) is 0 Å². The molecule has 0 aromatic heterocycles. The molecule has 1 N–H and O–H groups in total. The van der Waals surface area contributed by atoms with Crippen molar-refractivity contribution in [2.75, 3.05) is 7.11 Å². The second-order valence-electron chi connectivity index (χ2n) is 4.56. The maximum atomic E-state index is 13.4. The lowest BCUT2D eigenvalue weighted by molar-refractivity contribution is -0.140. The van der Waals surface area contributed by atoms with Crippen LogP contribution < -0.4 is 14.4 Å². The van der Waals surface area contributed by atoms with Gasteiger partial charge < -0.3 is 19.1 Å². The van der Waals surface area contributed by atoms with Crippen LogP contribution >= 0.6 is 19.8 Å². The van der Waals surface area contributed by atoms with E-state index < -0.39 is 19.3 Å². The Kier molecular flexibility index (Phi) is 6.35. The van der Waals surface area contributed by atoms with E-state index in [-0.39, 0.29) is 11.5 Å². The SMILES string of the molecule is COC(=O)C(NC=S)P(=O)(Oc1ccccc1)Oc1ccccc1. The number of carbonyl (C=O) groups is 1. The van der Waals surface area contributed by atoms with E-state index in [2.05, 4.69) is 10.1 Å². The molecule has 8 heteroatoms. The zero-order valence-corrected chi connectivity index (χ0v) is 14.5. The number of carbonyl (C=O) groups excluding carboxylic acids is 1. The number of hydrogen-bond donors (Lipinski definition) is 1. The molecule has 6 nitrogen and oxygen atoms in total. The van der Waals surface area contributed by atoms with E-state index in [4.69, 9.17) is 21.3 Å². The van der Waals surface area contributed by atoms with Crippen molar-refractivity contribution in [3.8, 4) is 11.5 Å². The molecule has 1 unspecified atom stereocenters. The first kappa shape index (κ1) is 18.0. The lowest BCUT2D eigenvalue weighted by Crippen LogP contribution is -2.39. The molecule has 1 atom stereocenters. The van der Waals surface area contributed by atoms with Crippen LogP contribution in [0.5, 0.6) is 11.5 Å². The van der Waals surface area contributed by atoms with Gasteiger partial charge in [-0.15, -0.1) is 0 Å². The molecular formula is C16H16NO5PS. The van der Waals surface area contributed by atoms with E-state index in [1.54, 1.807) is 60.7 Å². The topological polar surface area (TPSA) is 73.9 Å². The Morgan fingerprint density at radius 2 is 1.50 bits per heavy atom. The summed E-state index contributed by atoms with van der Waals surface area (Å²) in [7, 11) is -2.87. The van der Waals surface area contributed by atoms with Crippen LogP contribution in [0.3, 0.4) is 0 Å². The molecule has 2 rings (SSSR count). The summed E-state index contributed by atoms with van der Waals surface area (Å²) in [5, 5.41) is 2.52. The third kappa shape index (κ3) is 4.57. The summed E-state index contributed by atoms with van der Waals surface area (Å²) in [4.78, 5) is 12.0. The van der Waals surface area contributed by atoms with Crippen molar-refractivity contribution in [2.45, 2.75) is 5.78 Å². The Labute approximate surface area is 145 Å². The number of rotatable bonds is 8. The number of para-hydroxylation sites is 2. The highest BCUT2D eigenvalue weighted by atomic mass is 32.1. The van der Waals surface area contributed by atoms with Gasteiger partial charge in [-0.2, -0.15) is 0 Å².